The average Bonchev–Trinajstić information content (AvgIpc) is 3.20. The fraction of sp³-hybridized carbons (Fsp3) is 0.130. The van der Waals surface area contributed by atoms with Crippen molar-refractivity contribution in [3.8, 4) is 0 Å². The van der Waals surface area contributed by atoms with Crippen LogP contribution in [0.2, 0.25) is 5.02 Å². The van der Waals surface area contributed by atoms with Crippen molar-refractivity contribution in [1.82, 2.24) is 0 Å². The minimum Gasteiger partial charge on any atom is -0.257 e. The van der Waals surface area contributed by atoms with Gasteiger partial charge in [-0.05, 0) is 66.2 Å². The van der Waals surface area contributed by atoms with E-state index < -0.39 is 11.7 Å². The summed E-state index contributed by atoms with van der Waals surface area (Å²) in [7, 11) is 0. The van der Waals surface area contributed by atoms with Crippen LogP contribution >= 0.6 is 23.2 Å². The molecule has 32 heavy (non-hydrogen) atoms. The molecule has 3 nitrogen and oxygen atoms in total. The Labute approximate surface area is 191 Å². The number of rotatable bonds is 4. The standard InChI is InChI=1S/C23H15Cl2F4N3/c24-16-5-11-19(12-6-16)32-21(14-1-7-17(26)8-2-14)13-20(31-32)22(25)30-18-9-3-15(4-10-18)23(27,28)29/h1-12,21H,13H2/b30-22-. The third-order valence-corrected chi connectivity index (χ3v) is 5.47. The quantitative estimate of drug-likeness (QED) is 0.277. The first-order valence-corrected chi connectivity index (χ1v) is 10.3. The number of aliphatic imine (C=N–C) groups is 1. The Morgan fingerprint density at radius 3 is 2.16 bits per heavy atom. The highest BCUT2D eigenvalue weighted by Crippen LogP contribution is 2.37. The molecule has 0 radical (unpaired) electrons. The molecular formula is C23H15Cl2F4N3. The first kappa shape index (κ1) is 22.3. The van der Waals surface area contributed by atoms with Gasteiger partial charge in [0.25, 0.3) is 0 Å². The van der Waals surface area contributed by atoms with Crippen molar-refractivity contribution in [3.05, 3.63) is 94.8 Å². The van der Waals surface area contributed by atoms with Gasteiger partial charge in [0, 0.05) is 11.4 Å². The third-order valence-electron chi connectivity index (χ3n) is 4.92. The van der Waals surface area contributed by atoms with Gasteiger partial charge in [-0.1, -0.05) is 35.3 Å². The molecule has 3 aromatic rings. The second kappa shape index (κ2) is 8.92. The summed E-state index contributed by atoms with van der Waals surface area (Å²) >= 11 is 12.4. The zero-order chi connectivity index (χ0) is 22.9. The number of benzene rings is 3. The van der Waals surface area contributed by atoms with E-state index in [0.717, 1.165) is 23.4 Å². The van der Waals surface area contributed by atoms with Crippen LogP contribution in [-0.4, -0.2) is 10.9 Å². The van der Waals surface area contributed by atoms with Gasteiger partial charge in [0.05, 0.1) is 23.0 Å². The van der Waals surface area contributed by atoms with E-state index in [0.29, 0.717) is 17.2 Å². The Hall–Kier alpha value is -2.90. The fourth-order valence-corrected chi connectivity index (χ4v) is 3.65. The van der Waals surface area contributed by atoms with Crippen LogP contribution < -0.4 is 5.01 Å². The van der Waals surface area contributed by atoms with Crippen LogP contribution in [0.1, 0.15) is 23.6 Å². The molecule has 3 aromatic carbocycles. The van der Waals surface area contributed by atoms with Crippen LogP contribution in [0.15, 0.2) is 82.9 Å². The van der Waals surface area contributed by atoms with Crippen molar-refractivity contribution in [2.24, 2.45) is 10.1 Å². The van der Waals surface area contributed by atoms with E-state index in [2.05, 4.69) is 10.1 Å². The maximum Gasteiger partial charge on any atom is 0.416 e. The second-order valence-electron chi connectivity index (χ2n) is 7.09. The molecule has 9 heteroatoms. The molecule has 0 bridgehead atoms. The Morgan fingerprint density at radius 2 is 1.56 bits per heavy atom. The molecule has 0 aliphatic carbocycles. The molecule has 0 fully saturated rings. The minimum absolute atomic E-state index is 0.0633. The average molecular weight is 480 g/mol. The molecule has 1 aliphatic heterocycles. The van der Waals surface area contributed by atoms with Crippen molar-refractivity contribution < 1.29 is 17.6 Å². The molecule has 0 amide bonds. The van der Waals surface area contributed by atoms with Gasteiger partial charge in [0.2, 0.25) is 0 Å². The van der Waals surface area contributed by atoms with E-state index >= 15 is 0 Å². The van der Waals surface area contributed by atoms with Crippen molar-refractivity contribution >= 4 is 45.5 Å². The number of nitrogens with zero attached hydrogens (tertiary/aromatic N) is 3. The lowest BCUT2D eigenvalue weighted by Gasteiger charge is -2.24. The summed E-state index contributed by atoms with van der Waals surface area (Å²) in [5, 5.41) is 6.96. The van der Waals surface area contributed by atoms with Crippen LogP contribution in [0.5, 0.6) is 0 Å². The lowest BCUT2D eigenvalue weighted by Crippen LogP contribution is -2.18. The first-order valence-electron chi connectivity index (χ1n) is 9.50. The van der Waals surface area contributed by atoms with Crippen molar-refractivity contribution in [1.29, 1.82) is 0 Å². The van der Waals surface area contributed by atoms with E-state index in [1.165, 1.54) is 24.3 Å². The minimum atomic E-state index is -4.43. The van der Waals surface area contributed by atoms with Crippen molar-refractivity contribution in [2.45, 2.75) is 18.6 Å². The molecule has 0 spiro atoms. The number of hydrogen-bond acceptors (Lipinski definition) is 3. The highest BCUT2D eigenvalue weighted by atomic mass is 35.5. The molecule has 4 rings (SSSR count). The largest absolute Gasteiger partial charge is 0.416 e. The fourth-order valence-electron chi connectivity index (χ4n) is 3.31. The van der Waals surface area contributed by atoms with Crippen LogP contribution in [-0.2, 0) is 6.18 Å². The van der Waals surface area contributed by atoms with Gasteiger partial charge in [-0.3, -0.25) is 5.01 Å². The highest BCUT2D eigenvalue weighted by molar-refractivity contribution is 6.84. The van der Waals surface area contributed by atoms with E-state index in [-0.39, 0.29) is 22.7 Å². The Balaban J connectivity index is 1.65. The summed E-state index contributed by atoms with van der Waals surface area (Å²) in [4.78, 5) is 4.22. The van der Waals surface area contributed by atoms with Crippen molar-refractivity contribution in [2.75, 3.05) is 5.01 Å². The predicted octanol–water partition coefficient (Wildman–Crippen LogP) is 7.77. The summed E-state index contributed by atoms with van der Waals surface area (Å²) in [6.07, 6.45) is -4.06. The number of hydrogen-bond donors (Lipinski definition) is 0. The molecule has 0 aromatic heterocycles. The zero-order valence-corrected chi connectivity index (χ0v) is 17.8. The third kappa shape index (κ3) is 4.95. The van der Waals surface area contributed by atoms with E-state index in [1.807, 2.05) is 0 Å². The predicted molar refractivity (Wildman–Crippen MR) is 120 cm³/mol. The Bertz CT molecular complexity index is 1160. The van der Waals surface area contributed by atoms with Gasteiger partial charge in [0.1, 0.15) is 11.5 Å². The summed E-state index contributed by atoms with van der Waals surface area (Å²) in [6.45, 7) is 0. The molecule has 164 valence electrons. The van der Waals surface area contributed by atoms with Crippen LogP contribution in [0.25, 0.3) is 0 Å². The summed E-state index contributed by atoms with van der Waals surface area (Å²) in [5.74, 6) is -0.354. The summed E-state index contributed by atoms with van der Waals surface area (Å²) < 4.78 is 51.7. The van der Waals surface area contributed by atoms with Gasteiger partial charge < -0.3 is 0 Å². The van der Waals surface area contributed by atoms with Gasteiger partial charge in [0.15, 0.2) is 5.17 Å². The van der Waals surface area contributed by atoms with Crippen molar-refractivity contribution in [3.63, 3.8) is 0 Å². The summed E-state index contributed by atoms with van der Waals surface area (Å²) in [5.41, 5.74) is 1.53. The van der Waals surface area contributed by atoms with Crippen LogP contribution in [0, 0.1) is 5.82 Å². The van der Waals surface area contributed by atoms with Gasteiger partial charge in [-0.15, -0.1) is 0 Å². The molecular weight excluding hydrogens is 465 g/mol. The maximum absolute atomic E-state index is 13.4. The number of hydrazone groups is 1. The second-order valence-corrected chi connectivity index (χ2v) is 7.88. The monoisotopic (exact) mass is 479 g/mol. The molecule has 1 atom stereocenters. The number of alkyl halides is 3. The SMILES string of the molecule is Fc1ccc(C2CC(/C(Cl)=N/c3ccc(C(F)(F)F)cc3)=NN2c2ccc(Cl)cc2)cc1. The maximum atomic E-state index is 13.4. The summed E-state index contributed by atoms with van der Waals surface area (Å²) in [6, 6.07) is 17.2. The Morgan fingerprint density at radius 1 is 0.938 bits per heavy atom. The number of halogens is 6. The van der Waals surface area contributed by atoms with Crippen LogP contribution in [0.4, 0.5) is 28.9 Å². The van der Waals surface area contributed by atoms with Crippen LogP contribution in [0.3, 0.4) is 0 Å². The molecule has 0 saturated carbocycles. The molecule has 0 N–H and O–H groups in total. The lowest BCUT2D eigenvalue weighted by atomic mass is 10.0. The normalized spacial score (nSPS) is 16.9. The van der Waals surface area contributed by atoms with E-state index in [9.17, 15) is 17.6 Å². The molecule has 0 saturated heterocycles. The van der Waals surface area contributed by atoms with Gasteiger partial charge in [-0.25, -0.2) is 9.38 Å². The lowest BCUT2D eigenvalue weighted by molar-refractivity contribution is -0.137. The zero-order valence-electron chi connectivity index (χ0n) is 16.3. The molecule has 1 unspecified atom stereocenters. The van der Waals surface area contributed by atoms with Gasteiger partial charge in [-0.2, -0.15) is 18.3 Å². The highest BCUT2D eigenvalue weighted by Gasteiger charge is 2.32. The molecule has 1 aliphatic rings. The van der Waals surface area contributed by atoms with E-state index in [4.69, 9.17) is 23.2 Å². The Kier molecular flexibility index (Phi) is 6.22. The number of anilines is 1. The first-order chi connectivity index (χ1) is 15.2. The van der Waals surface area contributed by atoms with Gasteiger partial charge >= 0.3 is 6.18 Å². The van der Waals surface area contributed by atoms with E-state index in [1.54, 1.807) is 41.4 Å². The smallest absolute Gasteiger partial charge is 0.257 e. The molecule has 1 heterocycles. The topological polar surface area (TPSA) is 28.0 Å².